The lowest BCUT2D eigenvalue weighted by Gasteiger charge is -2.30. The van der Waals surface area contributed by atoms with Gasteiger partial charge in [-0.1, -0.05) is 60.3 Å². The third-order valence-electron chi connectivity index (χ3n) is 5.74. The summed E-state index contributed by atoms with van der Waals surface area (Å²) in [7, 11) is 0. The van der Waals surface area contributed by atoms with Crippen LogP contribution in [0, 0.1) is 10.1 Å². The molecule has 1 atom stereocenters. The zero-order valence-electron chi connectivity index (χ0n) is 17.7. The number of carbonyl (C=O) groups excluding carboxylic acids is 2. The van der Waals surface area contributed by atoms with Crippen molar-refractivity contribution in [3.63, 3.8) is 0 Å². The average Bonchev–Trinajstić information content (AvgIpc) is 3.27. The molecule has 170 valence electrons. The van der Waals surface area contributed by atoms with Crippen LogP contribution in [-0.2, 0) is 22.6 Å². The third-order valence-corrected chi connectivity index (χ3v) is 6.47. The predicted molar refractivity (Wildman–Crippen MR) is 124 cm³/mol. The summed E-state index contributed by atoms with van der Waals surface area (Å²) >= 11 is 12.1. The number of nitro benzene ring substituents is 1. The molecule has 0 aliphatic heterocycles. The topological polar surface area (TPSA) is 92.6 Å². The van der Waals surface area contributed by atoms with E-state index in [9.17, 15) is 19.7 Å². The number of hydrogen-bond acceptors (Lipinski definition) is 4. The molecule has 1 aliphatic carbocycles. The maximum Gasteiger partial charge on any atom is 0.273 e. The molecule has 2 amide bonds. The molecule has 1 aliphatic rings. The van der Waals surface area contributed by atoms with Gasteiger partial charge in [-0.25, -0.2) is 0 Å². The van der Waals surface area contributed by atoms with Crippen LogP contribution < -0.4 is 5.32 Å². The summed E-state index contributed by atoms with van der Waals surface area (Å²) < 4.78 is 0. The first-order chi connectivity index (χ1) is 15.3. The van der Waals surface area contributed by atoms with E-state index in [4.69, 9.17) is 23.2 Å². The molecule has 2 aromatic rings. The molecular weight excluding hydrogens is 453 g/mol. The number of amides is 2. The minimum Gasteiger partial charge on any atom is -0.352 e. The van der Waals surface area contributed by atoms with E-state index in [-0.39, 0.29) is 36.5 Å². The summed E-state index contributed by atoms with van der Waals surface area (Å²) in [5.41, 5.74) is 0.874. The number of benzene rings is 2. The lowest BCUT2D eigenvalue weighted by molar-refractivity contribution is -0.385. The first kappa shape index (κ1) is 24.0. The van der Waals surface area contributed by atoms with Crippen molar-refractivity contribution in [1.82, 2.24) is 10.2 Å². The van der Waals surface area contributed by atoms with Gasteiger partial charge in [0.1, 0.15) is 6.04 Å². The molecule has 3 rings (SSSR count). The fourth-order valence-corrected chi connectivity index (χ4v) is 4.23. The Labute approximate surface area is 196 Å². The van der Waals surface area contributed by atoms with Gasteiger partial charge in [-0.3, -0.25) is 19.7 Å². The molecule has 0 bridgehead atoms. The molecule has 1 saturated carbocycles. The largest absolute Gasteiger partial charge is 0.352 e. The molecule has 1 unspecified atom stereocenters. The minimum absolute atomic E-state index is 0.113. The Bertz CT molecular complexity index is 1010. The Morgan fingerprint density at radius 3 is 2.50 bits per heavy atom. The van der Waals surface area contributed by atoms with Gasteiger partial charge in [0, 0.05) is 24.2 Å². The second kappa shape index (κ2) is 10.8. The number of rotatable bonds is 8. The van der Waals surface area contributed by atoms with Crippen LogP contribution in [0.15, 0.2) is 42.5 Å². The molecule has 1 fully saturated rings. The summed E-state index contributed by atoms with van der Waals surface area (Å²) in [6.45, 7) is 1.79. The van der Waals surface area contributed by atoms with E-state index in [1.807, 2.05) is 0 Å². The normalized spacial score (nSPS) is 14.7. The van der Waals surface area contributed by atoms with Crippen molar-refractivity contribution in [3.05, 3.63) is 73.8 Å². The van der Waals surface area contributed by atoms with Gasteiger partial charge in [0.2, 0.25) is 11.8 Å². The number of nitrogens with zero attached hydrogens (tertiary/aromatic N) is 2. The maximum atomic E-state index is 13.3. The van der Waals surface area contributed by atoms with E-state index in [2.05, 4.69) is 5.32 Å². The number of para-hydroxylation sites is 1. The zero-order valence-corrected chi connectivity index (χ0v) is 19.2. The van der Waals surface area contributed by atoms with E-state index in [0.717, 1.165) is 25.7 Å². The van der Waals surface area contributed by atoms with Gasteiger partial charge in [0.15, 0.2) is 0 Å². The van der Waals surface area contributed by atoms with Crippen LogP contribution in [0.5, 0.6) is 0 Å². The van der Waals surface area contributed by atoms with Crippen LogP contribution in [-0.4, -0.2) is 33.7 Å². The van der Waals surface area contributed by atoms with E-state index in [1.165, 1.54) is 11.0 Å². The minimum atomic E-state index is -0.764. The zero-order chi connectivity index (χ0) is 23.3. The molecule has 32 heavy (non-hydrogen) atoms. The van der Waals surface area contributed by atoms with Crippen molar-refractivity contribution in [3.8, 4) is 0 Å². The van der Waals surface area contributed by atoms with Crippen LogP contribution in [0.2, 0.25) is 10.0 Å². The third kappa shape index (κ3) is 5.99. The molecule has 0 heterocycles. The van der Waals surface area contributed by atoms with Crippen molar-refractivity contribution < 1.29 is 14.5 Å². The predicted octanol–water partition coefficient (Wildman–Crippen LogP) is 4.92. The van der Waals surface area contributed by atoms with Crippen LogP contribution in [0.1, 0.15) is 43.7 Å². The van der Waals surface area contributed by atoms with Crippen molar-refractivity contribution in [1.29, 1.82) is 0 Å². The van der Waals surface area contributed by atoms with Crippen molar-refractivity contribution in [2.75, 3.05) is 0 Å². The van der Waals surface area contributed by atoms with E-state index < -0.39 is 11.0 Å². The molecule has 0 radical (unpaired) electrons. The Morgan fingerprint density at radius 2 is 1.84 bits per heavy atom. The molecule has 9 heteroatoms. The molecule has 0 aromatic heterocycles. The van der Waals surface area contributed by atoms with Gasteiger partial charge in [-0.15, -0.1) is 0 Å². The fraction of sp³-hybridized carbons (Fsp3) is 0.391. The lowest BCUT2D eigenvalue weighted by Crippen LogP contribution is -2.50. The smallest absolute Gasteiger partial charge is 0.273 e. The van der Waals surface area contributed by atoms with Crippen LogP contribution in [0.25, 0.3) is 0 Å². The number of nitro groups is 1. The van der Waals surface area contributed by atoms with E-state index >= 15 is 0 Å². The number of carbonyl (C=O) groups is 2. The monoisotopic (exact) mass is 477 g/mol. The van der Waals surface area contributed by atoms with Crippen molar-refractivity contribution >= 4 is 40.7 Å². The Hall–Kier alpha value is -2.64. The van der Waals surface area contributed by atoms with Gasteiger partial charge < -0.3 is 10.2 Å². The molecule has 0 saturated heterocycles. The Kier molecular flexibility index (Phi) is 8.10. The summed E-state index contributed by atoms with van der Waals surface area (Å²) in [6.07, 6.45) is 3.80. The number of nitrogens with one attached hydrogen (secondary N) is 1. The molecular formula is C23H25Cl2N3O4. The van der Waals surface area contributed by atoms with Gasteiger partial charge >= 0.3 is 0 Å². The Morgan fingerprint density at radius 1 is 1.16 bits per heavy atom. The highest BCUT2D eigenvalue weighted by atomic mass is 35.5. The van der Waals surface area contributed by atoms with Crippen molar-refractivity contribution in [2.24, 2.45) is 0 Å². The summed E-state index contributed by atoms with van der Waals surface area (Å²) in [6, 6.07) is 10.5. The van der Waals surface area contributed by atoms with Crippen LogP contribution >= 0.6 is 23.2 Å². The average molecular weight is 478 g/mol. The molecule has 7 nitrogen and oxygen atoms in total. The van der Waals surface area contributed by atoms with Crippen LogP contribution in [0.4, 0.5) is 5.69 Å². The molecule has 2 aromatic carbocycles. The van der Waals surface area contributed by atoms with Gasteiger partial charge in [0.05, 0.1) is 21.4 Å². The number of hydrogen-bond donors (Lipinski definition) is 1. The summed E-state index contributed by atoms with van der Waals surface area (Å²) in [5.74, 6) is -0.632. The number of halogens is 2. The summed E-state index contributed by atoms with van der Waals surface area (Å²) in [4.78, 5) is 38.5. The summed E-state index contributed by atoms with van der Waals surface area (Å²) in [5, 5.41) is 15.1. The van der Waals surface area contributed by atoms with E-state index in [0.29, 0.717) is 21.2 Å². The highest BCUT2D eigenvalue weighted by Crippen LogP contribution is 2.25. The first-order valence-corrected chi connectivity index (χ1v) is 11.3. The fourth-order valence-electron chi connectivity index (χ4n) is 3.91. The molecule has 1 N–H and O–H groups in total. The van der Waals surface area contributed by atoms with Gasteiger partial charge in [0.25, 0.3) is 5.69 Å². The van der Waals surface area contributed by atoms with Gasteiger partial charge in [-0.05, 0) is 37.5 Å². The maximum absolute atomic E-state index is 13.3. The Balaban J connectivity index is 1.84. The standard InChI is InChI=1S/C23H25Cl2N3O4/c1-15(23(30)26-18-7-3-4-8-18)27(14-16-10-11-19(24)20(25)12-16)22(29)13-17-6-2-5-9-21(17)28(31)32/h2,5-6,9-12,15,18H,3-4,7-8,13-14H2,1H3,(H,26,30). The second-order valence-corrected chi connectivity index (χ2v) is 8.81. The highest BCUT2D eigenvalue weighted by molar-refractivity contribution is 6.42. The first-order valence-electron chi connectivity index (χ1n) is 10.5. The van der Waals surface area contributed by atoms with E-state index in [1.54, 1.807) is 43.3 Å². The lowest BCUT2D eigenvalue weighted by atomic mass is 10.1. The van der Waals surface area contributed by atoms with Gasteiger partial charge in [-0.2, -0.15) is 0 Å². The van der Waals surface area contributed by atoms with Crippen molar-refractivity contribution in [2.45, 2.75) is 57.7 Å². The highest BCUT2D eigenvalue weighted by Gasteiger charge is 2.29. The SMILES string of the molecule is CC(C(=O)NC1CCCC1)N(Cc1ccc(Cl)c(Cl)c1)C(=O)Cc1ccccc1[N+](=O)[O-]. The van der Waals surface area contributed by atoms with Crippen LogP contribution in [0.3, 0.4) is 0 Å². The second-order valence-electron chi connectivity index (χ2n) is 8.00. The molecule has 0 spiro atoms. The quantitative estimate of drug-likeness (QED) is 0.431.